The molecule has 8 nitrogen and oxygen atoms in total. The maximum Gasteiger partial charge on any atom is 0.305 e. The van der Waals surface area contributed by atoms with Crippen LogP contribution < -0.4 is 4.90 Å². The molecule has 1 aliphatic heterocycles. The van der Waals surface area contributed by atoms with Gasteiger partial charge in [-0.3, -0.25) is 14.9 Å². The van der Waals surface area contributed by atoms with Crippen LogP contribution in [0.25, 0.3) is 0 Å². The number of rotatable bonds is 5. The predicted molar refractivity (Wildman–Crippen MR) is 65.9 cm³/mol. The van der Waals surface area contributed by atoms with E-state index in [1.165, 1.54) is 12.4 Å². The zero-order valence-electron chi connectivity index (χ0n) is 10.2. The summed E-state index contributed by atoms with van der Waals surface area (Å²) in [5.41, 5.74) is -0.134. The first-order valence-corrected chi connectivity index (χ1v) is 5.99. The molecule has 1 atom stereocenters. The van der Waals surface area contributed by atoms with Crippen molar-refractivity contribution in [1.82, 2.24) is 9.97 Å². The lowest BCUT2D eigenvalue weighted by molar-refractivity contribution is -0.385. The second kappa shape index (κ2) is 5.59. The zero-order chi connectivity index (χ0) is 13.8. The van der Waals surface area contributed by atoms with E-state index in [1.54, 1.807) is 0 Å². The Bertz CT molecular complexity index is 476. The topological polar surface area (TPSA) is 109 Å². The van der Waals surface area contributed by atoms with E-state index in [1.807, 2.05) is 4.90 Å². The van der Waals surface area contributed by atoms with Gasteiger partial charge in [-0.25, -0.2) is 9.97 Å². The second-order valence-electron chi connectivity index (χ2n) is 4.53. The van der Waals surface area contributed by atoms with E-state index in [4.69, 9.17) is 5.11 Å². The minimum absolute atomic E-state index is 0.134. The van der Waals surface area contributed by atoms with Crippen molar-refractivity contribution in [2.24, 2.45) is 5.92 Å². The van der Waals surface area contributed by atoms with Gasteiger partial charge in [-0.1, -0.05) is 0 Å². The van der Waals surface area contributed by atoms with Gasteiger partial charge in [-0.15, -0.1) is 0 Å². The Hall–Kier alpha value is -2.25. The van der Waals surface area contributed by atoms with Crippen LogP contribution in [-0.4, -0.2) is 39.1 Å². The van der Waals surface area contributed by atoms with E-state index >= 15 is 0 Å². The van der Waals surface area contributed by atoms with Gasteiger partial charge in [0.05, 0.1) is 4.92 Å². The van der Waals surface area contributed by atoms with Gasteiger partial charge in [0.25, 0.3) is 0 Å². The largest absolute Gasteiger partial charge is 0.481 e. The molecule has 2 heterocycles. The van der Waals surface area contributed by atoms with Gasteiger partial charge in [-0.2, -0.15) is 0 Å². The SMILES string of the molecule is O=C(O)CCC1CCN(c2ncc([N+](=O)[O-])cn2)C1. The highest BCUT2D eigenvalue weighted by Gasteiger charge is 2.25. The summed E-state index contributed by atoms with van der Waals surface area (Å²) in [5, 5.41) is 19.1. The molecule has 1 aromatic rings. The van der Waals surface area contributed by atoms with Crippen LogP contribution in [0, 0.1) is 16.0 Å². The molecule has 0 aliphatic carbocycles. The average Bonchev–Trinajstić information content (AvgIpc) is 2.85. The highest BCUT2D eigenvalue weighted by Crippen LogP contribution is 2.24. The molecule has 102 valence electrons. The van der Waals surface area contributed by atoms with Gasteiger partial charge in [0.2, 0.25) is 5.95 Å². The van der Waals surface area contributed by atoms with Gasteiger partial charge in [-0.05, 0) is 18.8 Å². The fourth-order valence-corrected chi connectivity index (χ4v) is 2.15. The van der Waals surface area contributed by atoms with E-state index in [-0.39, 0.29) is 12.1 Å². The third-order valence-electron chi connectivity index (χ3n) is 3.17. The molecule has 0 bridgehead atoms. The molecule has 0 saturated carbocycles. The van der Waals surface area contributed by atoms with Crippen LogP contribution in [0.2, 0.25) is 0 Å². The number of anilines is 1. The Morgan fingerprint density at radius 3 is 2.79 bits per heavy atom. The number of aromatic nitrogens is 2. The molecular weight excluding hydrogens is 252 g/mol. The Morgan fingerprint density at radius 1 is 1.53 bits per heavy atom. The second-order valence-corrected chi connectivity index (χ2v) is 4.53. The van der Waals surface area contributed by atoms with Crippen LogP contribution >= 0.6 is 0 Å². The lowest BCUT2D eigenvalue weighted by Gasteiger charge is -2.15. The molecule has 0 amide bonds. The molecule has 1 N–H and O–H groups in total. The summed E-state index contributed by atoms with van der Waals surface area (Å²) < 4.78 is 0. The summed E-state index contributed by atoms with van der Waals surface area (Å²) in [4.78, 5) is 30.3. The molecule has 1 saturated heterocycles. The first-order valence-electron chi connectivity index (χ1n) is 5.99. The number of carboxylic acids is 1. The van der Waals surface area contributed by atoms with Crippen molar-refractivity contribution in [3.63, 3.8) is 0 Å². The lowest BCUT2D eigenvalue weighted by Crippen LogP contribution is -2.22. The van der Waals surface area contributed by atoms with E-state index < -0.39 is 10.9 Å². The van der Waals surface area contributed by atoms with E-state index in [2.05, 4.69) is 9.97 Å². The summed E-state index contributed by atoms with van der Waals surface area (Å²) in [6, 6.07) is 0. The van der Waals surface area contributed by atoms with Gasteiger partial charge in [0.15, 0.2) is 0 Å². The molecule has 8 heteroatoms. The maximum atomic E-state index is 10.5. The lowest BCUT2D eigenvalue weighted by atomic mass is 10.0. The van der Waals surface area contributed by atoms with Gasteiger partial charge >= 0.3 is 11.7 Å². The monoisotopic (exact) mass is 266 g/mol. The Kier molecular flexibility index (Phi) is 3.88. The smallest absolute Gasteiger partial charge is 0.305 e. The van der Waals surface area contributed by atoms with Crippen LogP contribution in [0.5, 0.6) is 0 Å². The van der Waals surface area contributed by atoms with Crippen LogP contribution in [0.15, 0.2) is 12.4 Å². The standard InChI is InChI=1S/C11H14N4O4/c16-10(17)2-1-8-3-4-14(7-8)11-12-5-9(6-13-11)15(18)19/h5-6,8H,1-4,7H2,(H,16,17). The minimum Gasteiger partial charge on any atom is -0.481 e. The first-order chi connectivity index (χ1) is 9.06. The van der Waals surface area contributed by atoms with Gasteiger partial charge < -0.3 is 10.0 Å². The first kappa shape index (κ1) is 13.2. The number of nitro groups is 1. The molecule has 1 aliphatic rings. The Balaban J connectivity index is 1.93. The summed E-state index contributed by atoms with van der Waals surface area (Å²) in [6.07, 6.45) is 4.08. The van der Waals surface area contributed by atoms with E-state index in [0.717, 1.165) is 13.0 Å². The summed E-state index contributed by atoms with van der Waals surface area (Å²) in [7, 11) is 0. The maximum absolute atomic E-state index is 10.5. The van der Waals surface area contributed by atoms with Crippen molar-refractivity contribution in [3.05, 3.63) is 22.5 Å². The van der Waals surface area contributed by atoms with Crippen LogP contribution in [-0.2, 0) is 4.79 Å². The van der Waals surface area contributed by atoms with Crippen LogP contribution in [0.3, 0.4) is 0 Å². The van der Waals surface area contributed by atoms with Gasteiger partial charge in [0.1, 0.15) is 12.4 Å². The number of nitrogens with zero attached hydrogens (tertiary/aromatic N) is 4. The van der Waals surface area contributed by atoms with E-state index in [0.29, 0.717) is 24.8 Å². The van der Waals surface area contributed by atoms with Crippen molar-refractivity contribution >= 4 is 17.6 Å². The van der Waals surface area contributed by atoms with Gasteiger partial charge in [0, 0.05) is 19.5 Å². The number of carboxylic acid groups (broad SMARTS) is 1. The van der Waals surface area contributed by atoms with Crippen molar-refractivity contribution in [2.45, 2.75) is 19.3 Å². The molecule has 1 aromatic heterocycles. The number of aliphatic carboxylic acids is 1. The molecule has 2 rings (SSSR count). The minimum atomic E-state index is -0.787. The highest BCUT2D eigenvalue weighted by molar-refractivity contribution is 5.66. The number of carbonyl (C=O) groups is 1. The zero-order valence-corrected chi connectivity index (χ0v) is 10.2. The third kappa shape index (κ3) is 3.36. The Labute approximate surface area is 109 Å². The summed E-state index contributed by atoms with van der Waals surface area (Å²) >= 11 is 0. The molecule has 0 aromatic carbocycles. The summed E-state index contributed by atoms with van der Waals surface area (Å²) in [5.74, 6) is -0.0108. The fourth-order valence-electron chi connectivity index (χ4n) is 2.15. The molecule has 19 heavy (non-hydrogen) atoms. The predicted octanol–water partition coefficient (Wildman–Crippen LogP) is 1.08. The van der Waals surface area contributed by atoms with Crippen molar-refractivity contribution in [1.29, 1.82) is 0 Å². The number of hydrogen-bond donors (Lipinski definition) is 1. The number of hydrogen-bond acceptors (Lipinski definition) is 6. The Morgan fingerprint density at radius 2 is 2.21 bits per heavy atom. The quantitative estimate of drug-likeness (QED) is 0.627. The summed E-state index contributed by atoms with van der Waals surface area (Å²) in [6.45, 7) is 1.45. The normalized spacial score (nSPS) is 18.5. The molecular formula is C11H14N4O4. The van der Waals surface area contributed by atoms with E-state index in [9.17, 15) is 14.9 Å². The molecule has 0 radical (unpaired) electrons. The molecule has 0 spiro atoms. The average molecular weight is 266 g/mol. The van der Waals surface area contributed by atoms with Crippen molar-refractivity contribution in [2.75, 3.05) is 18.0 Å². The highest BCUT2D eigenvalue weighted by atomic mass is 16.6. The molecule has 1 unspecified atom stereocenters. The van der Waals surface area contributed by atoms with Crippen LogP contribution in [0.4, 0.5) is 11.6 Å². The van der Waals surface area contributed by atoms with Crippen molar-refractivity contribution in [3.8, 4) is 0 Å². The van der Waals surface area contributed by atoms with Crippen molar-refractivity contribution < 1.29 is 14.8 Å². The fraction of sp³-hybridized carbons (Fsp3) is 0.545. The third-order valence-corrected chi connectivity index (χ3v) is 3.17. The molecule has 1 fully saturated rings. The van der Waals surface area contributed by atoms with Crippen LogP contribution in [0.1, 0.15) is 19.3 Å².